The van der Waals surface area contributed by atoms with Gasteiger partial charge in [-0.1, -0.05) is 17.7 Å². The molecule has 1 aliphatic rings. The van der Waals surface area contributed by atoms with E-state index in [2.05, 4.69) is 0 Å². The number of halogens is 2. The Kier molecular flexibility index (Phi) is 3.24. The van der Waals surface area contributed by atoms with E-state index < -0.39 is 5.82 Å². The lowest BCUT2D eigenvalue weighted by molar-refractivity contribution is 0.0720. The molecule has 2 rings (SSSR count). The van der Waals surface area contributed by atoms with Gasteiger partial charge in [0.05, 0.1) is 11.1 Å². The average Bonchev–Trinajstić information content (AvgIpc) is 2.70. The number of benzene rings is 1. The van der Waals surface area contributed by atoms with Gasteiger partial charge in [-0.25, -0.2) is 4.39 Å². The van der Waals surface area contributed by atoms with Crippen LogP contribution in [-0.4, -0.2) is 18.3 Å². The number of hydrogen-bond donors (Lipinski definition) is 1. The maximum Gasteiger partial charge on any atom is 0.141 e. The summed E-state index contributed by atoms with van der Waals surface area (Å²) in [5.41, 5.74) is 0.831. The smallest absolute Gasteiger partial charge is 0.141 e. The van der Waals surface area contributed by atoms with Gasteiger partial charge in [0.15, 0.2) is 0 Å². The highest BCUT2D eigenvalue weighted by Gasteiger charge is 2.29. The number of ether oxygens (including phenoxy) is 1. The fourth-order valence-corrected chi connectivity index (χ4v) is 2.07. The van der Waals surface area contributed by atoms with Crippen molar-refractivity contribution in [2.24, 2.45) is 5.92 Å². The molecular formula is C11H12ClFO2. The quantitative estimate of drug-likeness (QED) is 0.846. The van der Waals surface area contributed by atoms with E-state index in [1.807, 2.05) is 0 Å². The Hall–Kier alpha value is -0.640. The van der Waals surface area contributed by atoms with Crippen molar-refractivity contribution < 1.29 is 14.2 Å². The maximum atomic E-state index is 12.9. The Bertz CT molecular complexity index is 356. The predicted molar refractivity (Wildman–Crippen MR) is 55.3 cm³/mol. The molecule has 2 nitrogen and oxygen atoms in total. The van der Waals surface area contributed by atoms with Crippen molar-refractivity contribution >= 4 is 11.6 Å². The molecule has 0 saturated carbocycles. The fraction of sp³-hybridized carbons (Fsp3) is 0.455. The summed E-state index contributed by atoms with van der Waals surface area (Å²) in [5, 5.41) is 9.23. The molecule has 1 heterocycles. The van der Waals surface area contributed by atoms with E-state index in [1.54, 1.807) is 12.1 Å². The first-order valence-electron chi connectivity index (χ1n) is 4.90. The van der Waals surface area contributed by atoms with Gasteiger partial charge in [0.25, 0.3) is 0 Å². The molecule has 1 saturated heterocycles. The second kappa shape index (κ2) is 4.47. The van der Waals surface area contributed by atoms with E-state index in [9.17, 15) is 4.39 Å². The third-order valence-electron chi connectivity index (χ3n) is 2.72. The summed E-state index contributed by atoms with van der Waals surface area (Å²) in [6.45, 7) is 0.713. The van der Waals surface area contributed by atoms with Gasteiger partial charge in [0, 0.05) is 19.1 Å². The van der Waals surface area contributed by atoms with Crippen LogP contribution in [0.3, 0.4) is 0 Å². The van der Waals surface area contributed by atoms with Gasteiger partial charge in [0.2, 0.25) is 0 Å². The first kappa shape index (κ1) is 10.9. The normalized spacial score (nSPS) is 25.8. The molecule has 0 spiro atoms. The Labute approximate surface area is 92.6 Å². The zero-order valence-corrected chi connectivity index (χ0v) is 8.88. The van der Waals surface area contributed by atoms with Crippen molar-refractivity contribution in [1.29, 1.82) is 0 Å². The average molecular weight is 231 g/mol. The molecule has 1 fully saturated rings. The van der Waals surface area contributed by atoms with E-state index in [4.69, 9.17) is 21.4 Å². The van der Waals surface area contributed by atoms with E-state index in [0.717, 1.165) is 12.0 Å². The molecule has 15 heavy (non-hydrogen) atoms. The number of aliphatic hydroxyl groups is 1. The van der Waals surface area contributed by atoms with Crippen LogP contribution in [0.25, 0.3) is 0 Å². The number of rotatable bonds is 2. The molecule has 0 amide bonds. The Balaban J connectivity index is 2.25. The lowest BCUT2D eigenvalue weighted by Crippen LogP contribution is -2.11. The van der Waals surface area contributed by atoms with Gasteiger partial charge in [-0.2, -0.15) is 0 Å². The second-order valence-electron chi connectivity index (χ2n) is 3.70. The van der Waals surface area contributed by atoms with E-state index in [1.165, 1.54) is 6.07 Å². The van der Waals surface area contributed by atoms with Crippen molar-refractivity contribution in [2.45, 2.75) is 12.5 Å². The van der Waals surface area contributed by atoms with Crippen molar-refractivity contribution in [3.63, 3.8) is 0 Å². The van der Waals surface area contributed by atoms with E-state index in [-0.39, 0.29) is 23.7 Å². The van der Waals surface area contributed by atoms with Crippen molar-refractivity contribution in [1.82, 2.24) is 0 Å². The van der Waals surface area contributed by atoms with Gasteiger partial charge in [0.1, 0.15) is 5.82 Å². The molecule has 1 N–H and O–H groups in total. The molecule has 2 unspecified atom stereocenters. The molecule has 0 radical (unpaired) electrons. The van der Waals surface area contributed by atoms with Crippen LogP contribution >= 0.6 is 11.6 Å². The predicted octanol–water partition coefficient (Wildman–Crippen LogP) is 2.55. The van der Waals surface area contributed by atoms with Crippen molar-refractivity contribution in [2.75, 3.05) is 13.2 Å². The van der Waals surface area contributed by atoms with Gasteiger partial charge >= 0.3 is 0 Å². The van der Waals surface area contributed by atoms with Crippen LogP contribution in [0.2, 0.25) is 5.02 Å². The number of aliphatic hydroxyl groups excluding tert-OH is 1. The summed E-state index contributed by atoms with van der Waals surface area (Å²) in [6, 6.07) is 4.54. The van der Waals surface area contributed by atoms with Crippen LogP contribution in [-0.2, 0) is 4.74 Å². The Morgan fingerprint density at radius 2 is 2.33 bits per heavy atom. The Morgan fingerprint density at radius 3 is 3.00 bits per heavy atom. The van der Waals surface area contributed by atoms with E-state index in [0.29, 0.717) is 6.61 Å². The molecule has 1 aromatic carbocycles. The summed E-state index contributed by atoms with van der Waals surface area (Å²) < 4.78 is 18.4. The minimum atomic E-state index is -0.432. The summed E-state index contributed by atoms with van der Waals surface area (Å²) in [5.74, 6) is -0.342. The topological polar surface area (TPSA) is 29.5 Å². The van der Waals surface area contributed by atoms with Crippen LogP contribution < -0.4 is 0 Å². The molecule has 1 aliphatic heterocycles. The van der Waals surface area contributed by atoms with Crippen molar-refractivity contribution in [3.05, 3.63) is 34.6 Å². The summed E-state index contributed by atoms with van der Waals surface area (Å²) in [6.07, 6.45) is 0.670. The number of hydrogen-bond acceptors (Lipinski definition) is 2. The minimum Gasteiger partial charge on any atom is -0.396 e. The molecular weight excluding hydrogens is 219 g/mol. The van der Waals surface area contributed by atoms with Crippen molar-refractivity contribution in [3.8, 4) is 0 Å². The highest BCUT2D eigenvalue weighted by Crippen LogP contribution is 2.35. The molecule has 0 aromatic heterocycles. The molecule has 0 bridgehead atoms. The van der Waals surface area contributed by atoms with Crippen LogP contribution in [0.1, 0.15) is 18.1 Å². The lowest BCUT2D eigenvalue weighted by Gasteiger charge is -2.16. The molecule has 0 aliphatic carbocycles. The largest absolute Gasteiger partial charge is 0.396 e. The van der Waals surface area contributed by atoms with Crippen LogP contribution in [0.15, 0.2) is 18.2 Å². The first-order valence-corrected chi connectivity index (χ1v) is 5.27. The highest BCUT2D eigenvalue weighted by atomic mass is 35.5. The summed E-state index contributed by atoms with van der Waals surface area (Å²) >= 11 is 5.69. The minimum absolute atomic E-state index is 0.0830. The molecule has 4 heteroatoms. The zero-order chi connectivity index (χ0) is 10.8. The SMILES string of the molecule is OCC1CCOC1c1ccc(F)c(Cl)c1. The first-order chi connectivity index (χ1) is 7.22. The Morgan fingerprint density at radius 1 is 1.53 bits per heavy atom. The zero-order valence-electron chi connectivity index (χ0n) is 8.12. The maximum absolute atomic E-state index is 12.9. The van der Waals surface area contributed by atoms with Crippen LogP contribution in [0, 0.1) is 11.7 Å². The fourth-order valence-electron chi connectivity index (χ4n) is 1.88. The van der Waals surface area contributed by atoms with Gasteiger partial charge in [-0.3, -0.25) is 0 Å². The highest BCUT2D eigenvalue weighted by molar-refractivity contribution is 6.30. The third kappa shape index (κ3) is 2.14. The van der Waals surface area contributed by atoms with Gasteiger partial charge in [-0.15, -0.1) is 0 Å². The molecule has 82 valence electrons. The van der Waals surface area contributed by atoms with Gasteiger partial charge < -0.3 is 9.84 Å². The van der Waals surface area contributed by atoms with E-state index >= 15 is 0 Å². The third-order valence-corrected chi connectivity index (χ3v) is 3.01. The molecule has 1 aromatic rings. The van der Waals surface area contributed by atoms with Gasteiger partial charge in [-0.05, 0) is 24.1 Å². The van der Waals surface area contributed by atoms with Crippen LogP contribution in [0.4, 0.5) is 4.39 Å². The monoisotopic (exact) mass is 230 g/mol. The standard InChI is InChI=1S/C11H12ClFO2/c12-9-5-7(1-2-10(9)13)11-8(6-14)3-4-15-11/h1-2,5,8,11,14H,3-4,6H2. The summed E-state index contributed by atoms with van der Waals surface area (Å²) in [4.78, 5) is 0. The summed E-state index contributed by atoms with van der Waals surface area (Å²) in [7, 11) is 0. The lowest BCUT2D eigenvalue weighted by atomic mass is 9.96. The molecule has 2 atom stereocenters. The second-order valence-corrected chi connectivity index (χ2v) is 4.10. The van der Waals surface area contributed by atoms with Crippen LogP contribution in [0.5, 0.6) is 0 Å².